The summed E-state index contributed by atoms with van der Waals surface area (Å²) in [5.41, 5.74) is 1.57. The van der Waals surface area contributed by atoms with Gasteiger partial charge in [-0.05, 0) is 24.0 Å². The molecule has 6 rings (SSSR count). The van der Waals surface area contributed by atoms with Crippen molar-refractivity contribution in [3.63, 3.8) is 0 Å². The normalized spacial score (nSPS) is 41.6. The predicted molar refractivity (Wildman–Crippen MR) is 100 cm³/mol. The lowest BCUT2D eigenvalue weighted by Crippen LogP contribution is -2.26. The number of aliphatic hydroxyl groups is 2. The number of hydrogen-bond acceptors (Lipinski definition) is 4. The quantitative estimate of drug-likeness (QED) is 0.670. The van der Waals surface area contributed by atoms with Gasteiger partial charge in [0.25, 0.3) is 0 Å². The summed E-state index contributed by atoms with van der Waals surface area (Å²) in [6.45, 7) is 1.94. The predicted octanol–water partition coefficient (Wildman–Crippen LogP) is 2.16. The van der Waals surface area contributed by atoms with E-state index in [1.807, 2.05) is 36.4 Å². The number of hydrogen-bond donors (Lipinski definition) is 4. The minimum absolute atomic E-state index is 0.165. The van der Waals surface area contributed by atoms with E-state index >= 15 is 0 Å². The summed E-state index contributed by atoms with van der Waals surface area (Å²) in [6.07, 6.45) is 1.94. The van der Waals surface area contributed by atoms with E-state index in [9.17, 15) is 10.2 Å². The Morgan fingerprint density at radius 2 is 1.04 bits per heavy atom. The highest BCUT2D eigenvalue weighted by Gasteiger charge is 2.63. The SMILES string of the molecule is O[C@@]12CC1CN[C@H]2c1ccccc1.O[C@]12CC1CN[C@H]2c1ccccc1. The molecule has 2 saturated carbocycles. The Kier molecular flexibility index (Phi) is 3.73. The number of rotatable bonds is 2. The second-order valence-electron chi connectivity index (χ2n) is 8.29. The summed E-state index contributed by atoms with van der Waals surface area (Å²) in [6, 6.07) is 20.8. The molecule has 4 N–H and O–H groups in total. The van der Waals surface area contributed by atoms with Crippen molar-refractivity contribution in [2.45, 2.75) is 36.1 Å². The third-order valence-electron chi connectivity index (χ3n) is 6.64. The molecule has 2 aromatic rings. The summed E-state index contributed by atoms with van der Waals surface area (Å²) >= 11 is 0. The molecule has 2 unspecified atom stereocenters. The van der Waals surface area contributed by atoms with Crippen molar-refractivity contribution >= 4 is 0 Å². The lowest BCUT2D eigenvalue weighted by Gasteiger charge is -2.18. The first kappa shape index (κ1) is 16.5. The minimum atomic E-state index is -0.429. The molecule has 6 atom stereocenters. The molecule has 2 aliphatic carbocycles. The van der Waals surface area contributed by atoms with Crippen LogP contribution >= 0.6 is 0 Å². The van der Waals surface area contributed by atoms with E-state index in [4.69, 9.17) is 0 Å². The van der Waals surface area contributed by atoms with Crippen molar-refractivity contribution in [3.8, 4) is 0 Å². The van der Waals surface area contributed by atoms with Crippen LogP contribution in [0.4, 0.5) is 0 Å². The van der Waals surface area contributed by atoms with Crippen LogP contribution < -0.4 is 10.6 Å². The molecule has 4 heteroatoms. The largest absolute Gasteiger partial charge is 0.388 e. The lowest BCUT2D eigenvalue weighted by molar-refractivity contribution is 0.115. The van der Waals surface area contributed by atoms with Crippen molar-refractivity contribution in [2.24, 2.45) is 11.8 Å². The van der Waals surface area contributed by atoms with Gasteiger partial charge in [-0.2, -0.15) is 0 Å². The molecular weight excluding hydrogens is 324 g/mol. The van der Waals surface area contributed by atoms with E-state index in [0.29, 0.717) is 11.8 Å². The van der Waals surface area contributed by atoms with E-state index in [1.165, 1.54) is 11.1 Å². The Balaban J connectivity index is 0.000000115. The molecular formula is C22H26N2O2. The molecule has 0 radical (unpaired) electrons. The Morgan fingerprint density at radius 1 is 0.654 bits per heavy atom. The average molecular weight is 350 g/mol. The van der Waals surface area contributed by atoms with E-state index in [1.54, 1.807) is 0 Å². The average Bonchev–Trinajstić information content (AvgIpc) is 3.45. The fourth-order valence-corrected chi connectivity index (χ4v) is 4.85. The van der Waals surface area contributed by atoms with Gasteiger partial charge in [0.2, 0.25) is 0 Å². The van der Waals surface area contributed by atoms with Crippen LogP contribution in [0.2, 0.25) is 0 Å². The summed E-state index contributed by atoms with van der Waals surface area (Å²) in [4.78, 5) is 0. The highest BCUT2D eigenvalue weighted by atomic mass is 16.3. The zero-order chi connectivity index (χ0) is 17.8. The van der Waals surface area contributed by atoms with E-state index in [2.05, 4.69) is 34.9 Å². The van der Waals surface area contributed by atoms with Crippen LogP contribution in [0, 0.1) is 11.8 Å². The molecule has 4 nitrogen and oxygen atoms in total. The van der Waals surface area contributed by atoms with Crippen LogP contribution in [0.25, 0.3) is 0 Å². The highest BCUT2D eigenvalue weighted by molar-refractivity contribution is 5.31. The second kappa shape index (κ2) is 5.89. The molecule has 4 aliphatic rings. The standard InChI is InChI=1S/2C11H13NO/c2*13-11-6-9(11)7-12-10(11)8-4-2-1-3-5-8/h2*1-5,9-10,12-13H,6-7H2/t9?,10-,11+;9?,10-,11-/m00/s1. The molecule has 2 saturated heterocycles. The van der Waals surface area contributed by atoms with Gasteiger partial charge in [0.05, 0.1) is 23.3 Å². The molecule has 2 aromatic carbocycles. The van der Waals surface area contributed by atoms with Crippen LogP contribution in [-0.4, -0.2) is 34.5 Å². The summed E-state index contributed by atoms with van der Waals surface area (Å²) in [7, 11) is 0. The fraction of sp³-hybridized carbons (Fsp3) is 0.455. The number of nitrogens with one attached hydrogen (secondary N) is 2. The van der Waals surface area contributed by atoms with E-state index in [-0.39, 0.29) is 12.1 Å². The number of piperidine rings is 2. The van der Waals surface area contributed by atoms with Crippen LogP contribution in [0.5, 0.6) is 0 Å². The molecule has 2 aliphatic heterocycles. The monoisotopic (exact) mass is 350 g/mol. The van der Waals surface area contributed by atoms with Crippen molar-refractivity contribution in [3.05, 3.63) is 71.8 Å². The maximum absolute atomic E-state index is 10.1. The van der Waals surface area contributed by atoms with Crippen LogP contribution in [0.1, 0.15) is 36.1 Å². The van der Waals surface area contributed by atoms with Gasteiger partial charge in [0, 0.05) is 24.9 Å². The zero-order valence-electron chi connectivity index (χ0n) is 14.8. The molecule has 0 bridgehead atoms. The topological polar surface area (TPSA) is 64.5 Å². The first-order chi connectivity index (χ1) is 12.6. The lowest BCUT2D eigenvalue weighted by atomic mass is 10.0. The Bertz CT molecular complexity index is 712. The molecule has 2 heterocycles. The summed E-state index contributed by atoms with van der Waals surface area (Å²) in [5.74, 6) is 0.996. The number of fused-ring (bicyclic) bond motifs is 2. The van der Waals surface area contributed by atoms with Crippen LogP contribution in [0.15, 0.2) is 60.7 Å². The van der Waals surface area contributed by atoms with E-state index in [0.717, 1.165) is 25.9 Å². The van der Waals surface area contributed by atoms with Crippen LogP contribution in [0.3, 0.4) is 0 Å². The molecule has 136 valence electrons. The Hall–Kier alpha value is -1.72. The van der Waals surface area contributed by atoms with Gasteiger partial charge in [-0.25, -0.2) is 0 Å². The zero-order valence-corrected chi connectivity index (χ0v) is 14.8. The first-order valence-electron chi connectivity index (χ1n) is 9.63. The van der Waals surface area contributed by atoms with Gasteiger partial charge in [0.15, 0.2) is 0 Å². The Morgan fingerprint density at radius 3 is 1.31 bits per heavy atom. The summed E-state index contributed by atoms with van der Waals surface area (Å²) < 4.78 is 0. The first-order valence-corrected chi connectivity index (χ1v) is 9.63. The molecule has 0 amide bonds. The van der Waals surface area contributed by atoms with Gasteiger partial charge < -0.3 is 20.8 Å². The molecule has 0 spiro atoms. The maximum atomic E-state index is 10.1. The third kappa shape index (κ3) is 2.60. The van der Waals surface area contributed by atoms with Crippen molar-refractivity contribution in [1.82, 2.24) is 10.6 Å². The maximum Gasteiger partial charge on any atom is 0.0886 e. The molecule has 4 fully saturated rings. The van der Waals surface area contributed by atoms with Crippen molar-refractivity contribution in [2.75, 3.05) is 13.1 Å². The minimum Gasteiger partial charge on any atom is -0.388 e. The molecule has 0 aromatic heterocycles. The van der Waals surface area contributed by atoms with Gasteiger partial charge in [-0.1, -0.05) is 60.7 Å². The second-order valence-corrected chi connectivity index (χ2v) is 8.29. The van der Waals surface area contributed by atoms with Gasteiger partial charge in [0.1, 0.15) is 0 Å². The van der Waals surface area contributed by atoms with E-state index < -0.39 is 11.2 Å². The number of benzene rings is 2. The highest BCUT2D eigenvalue weighted by Crippen LogP contribution is 2.56. The van der Waals surface area contributed by atoms with Gasteiger partial charge >= 0.3 is 0 Å². The third-order valence-corrected chi connectivity index (χ3v) is 6.64. The van der Waals surface area contributed by atoms with Gasteiger partial charge in [-0.15, -0.1) is 0 Å². The van der Waals surface area contributed by atoms with Crippen molar-refractivity contribution < 1.29 is 10.2 Å². The Labute approximate surface area is 154 Å². The van der Waals surface area contributed by atoms with Crippen molar-refractivity contribution in [1.29, 1.82) is 0 Å². The smallest absolute Gasteiger partial charge is 0.0886 e. The van der Waals surface area contributed by atoms with Crippen LogP contribution in [-0.2, 0) is 0 Å². The molecule has 26 heavy (non-hydrogen) atoms. The summed E-state index contributed by atoms with van der Waals surface area (Å²) in [5, 5.41) is 27.0. The fourth-order valence-electron chi connectivity index (χ4n) is 4.85. The van der Waals surface area contributed by atoms with Gasteiger partial charge in [-0.3, -0.25) is 0 Å².